The molecule has 0 radical (unpaired) electrons. The van der Waals surface area contributed by atoms with Crippen molar-refractivity contribution in [3.05, 3.63) is 70.6 Å². The normalized spacial score (nSPS) is 11.3. The smallest absolute Gasteiger partial charge is 0.267 e. The zero-order valence-corrected chi connectivity index (χ0v) is 15.9. The van der Waals surface area contributed by atoms with Crippen molar-refractivity contribution in [1.29, 1.82) is 0 Å². The minimum Gasteiger partial charge on any atom is -0.380 e. The lowest BCUT2D eigenvalue weighted by Gasteiger charge is -2.12. The first-order valence-electron chi connectivity index (χ1n) is 7.90. The number of aromatic nitrogens is 1. The van der Waals surface area contributed by atoms with Crippen LogP contribution in [0.3, 0.4) is 0 Å². The summed E-state index contributed by atoms with van der Waals surface area (Å²) < 4.78 is 32.5. The van der Waals surface area contributed by atoms with Crippen molar-refractivity contribution in [2.75, 3.05) is 10.0 Å². The third kappa shape index (κ3) is 4.00. The second-order valence-corrected chi connectivity index (χ2v) is 7.82. The van der Waals surface area contributed by atoms with E-state index in [1.807, 2.05) is 30.3 Å². The van der Waals surface area contributed by atoms with Crippen LogP contribution in [0.15, 0.2) is 57.9 Å². The molecule has 2 aromatic carbocycles. The molecule has 6 nitrogen and oxygen atoms in total. The number of anilines is 2. The Morgan fingerprint density at radius 2 is 1.85 bits per heavy atom. The van der Waals surface area contributed by atoms with Crippen LogP contribution in [0.25, 0.3) is 0 Å². The van der Waals surface area contributed by atoms with E-state index in [-0.39, 0.29) is 10.7 Å². The van der Waals surface area contributed by atoms with Gasteiger partial charge in [-0.05, 0) is 37.6 Å². The number of aryl methyl sites for hydroxylation is 2. The van der Waals surface area contributed by atoms with E-state index in [4.69, 9.17) is 16.1 Å². The van der Waals surface area contributed by atoms with E-state index in [1.165, 1.54) is 0 Å². The summed E-state index contributed by atoms with van der Waals surface area (Å²) >= 11 is 6.28. The average molecular weight is 392 g/mol. The Kier molecular flexibility index (Phi) is 5.20. The van der Waals surface area contributed by atoms with Crippen LogP contribution in [0.1, 0.15) is 17.0 Å². The number of halogens is 1. The lowest BCUT2D eigenvalue weighted by atomic mass is 10.2. The summed E-state index contributed by atoms with van der Waals surface area (Å²) in [5.74, 6) is 0.238. The van der Waals surface area contributed by atoms with Crippen LogP contribution >= 0.6 is 11.6 Å². The second-order valence-electron chi connectivity index (χ2n) is 5.79. The van der Waals surface area contributed by atoms with Gasteiger partial charge in [0.25, 0.3) is 10.0 Å². The molecule has 0 amide bonds. The lowest BCUT2D eigenvalue weighted by Crippen LogP contribution is -2.14. The summed E-state index contributed by atoms with van der Waals surface area (Å²) in [4.78, 5) is 0.0416. The predicted octanol–water partition coefficient (Wildman–Crippen LogP) is 4.36. The second kappa shape index (κ2) is 7.39. The van der Waals surface area contributed by atoms with Crippen LogP contribution in [0.5, 0.6) is 0 Å². The Morgan fingerprint density at radius 3 is 2.46 bits per heavy atom. The Morgan fingerprint density at radius 1 is 1.12 bits per heavy atom. The number of hydrogen-bond acceptors (Lipinski definition) is 5. The Hall–Kier alpha value is -2.51. The highest BCUT2D eigenvalue weighted by molar-refractivity contribution is 7.92. The van der Waals surface area contributed by atoms with Crippen LogP contribution < -0.4 is 10.0 Å². The molecule has 8 heteroatoms. The van der Waals surface area contributed by atoms with Crippen molar-refractivity contribution < 1.29 is 12.9 Å². The van der Waals surface area contributed by atoms with Crippen molar-refractivity contribution in [3.63, 3.8) is 0 Å². The number of sulfonamides is 1. The number of rotatable bonds is 6. The molecule has 0 saturated heterocycles. The number of nitrogens with one attached hydrogen (secondary N) is 2. The van der Waals surface area contributed by atoms with E-state index in [1.54, 1.807) is 32.0 Å². The fraction of sp³-hybridized carbons (Fsp3) is 0.167. The molecule has 26 heavy (non-hydrogen) atoms. The zero-order valence-electron chi connectivity index (χ0n) is 14.3. The Labute approximate surface area is 157 Å². The van der Waals surface area contributed by atoms with E-state index in [9.17, 15) is 8.42 Å². The summed E-state index contributed by atoms with van der Waals surface area (Å²) in [5.41, 5.74) is 2.50. The SMILES string of the molecule is Cc1noc(C)c1S(=O)(=O)Nc1ccc(NCc2ccccc2)c(Cl)c1. The highest BCUT2D eigenvalue weighted by atomic mass is 35.5. The minimum atomic E-state index is -3.80. The van der Waals surface area contributed by atoms with Crippen LogP contribution in [0.2, 0.25) is 5.02 Å². The molecule has 0 fully saturated rings. The van der Waals surface area contributed by atoms with Gasteiger partial charge in [0.1, 0.15) is 5.69 Å². The molecular weight excluding hydrogens is 374 g/mol. The van der Waals surface area contributed by atoms with Gasteiger partial charge in [0.05, 0.1) is 16.4 Å². The first kappa shape index (κ1) is 18.3. The van der Waals surface area contributed by atoms with Crippen molar-refractivity contribution in [1.82, 2.24) is 5.16 Å². The van der Waals surface area contributed by atoms with Gasteiger partial charge in [0, 0.05) is 6.54 Å². The number of hydrogen-bond donors (Lipinski definition) is 2. The maximum atomic E-state index is 12.5. The van der Waals surface area contributed by atoms with Gasteiger partial charge in [-0.2, -0.15) is 0 Å². The van der Waals surface area contributed by atoms with E-state index in [0.717, 1.165) is 11.3 Å². The molecule has 2 N–H and O–H groups in total. The van der Waals surface area contributed by atoms with Crippen LogP contribution in [-0.4, -0.2) is 13.6 Å². The monoisotopic (exact) mass is 391 g/mol. The minimum absolute atomic E-state index is 0.0416. The van der Waals surface area contributed by atoms with Gasteiger partial charge in [-0.25, -0.2) is 8.42 Å². The maximum absolute atomic E-state index is 12.5. The van der Waals surface area contributed by atoms with Crippen LogP contribution in [0, 0.1) is 13.8 Å². The van der Waals surface area contributed by atoms with Gasteiger partial charge in [-0.15, -0.1) is 0 Å². The molecule has 136 valence electrons. The fourth-order valence-corrected chi connectivity index (χ4v) is 4.21. The summed E-state index contributed by atoms with van der Waals surface area (Å²) in [6.45, 7) is 3.75. The number of nitrogens with zero attached hydrogens (tertiary/aromatic N) is 1. The molecule has 0 unspecified atom stereocenters. The summed E-state index contributed by atoms with van der Waals surface area (Å²) in [6.07, 6.45) is 0. The standard InChI is InChI=1S/C18H18ClN3O3S/c1-12-18(13(2)25-21-12)26(23,24)22-15-8-9-17(16(19)10-15)20-11-14-6-4-3-5-7-14/h3-10,20,22H,11H2,1-2H3. The van der Waals surface area contributed by atoms with E-state index < -0.39 is 10.0 Å². The fourth-order valence-electron chi connectivity index (χ4n) is 2.58. The quantitative estimate of drug-likeness (QED) is 0.652. The van der Waals surface area contributed by atoms with Crippen molar-refractivity contribution in [2.45, 2.75) is 25.3 Å². The molecule has 3 rings (SSSR count). The first-order chi connectivity index (χ1) is 12.4. The van der Waals surface area contributed by atoms with Crippen molar-refractivity contribution >= 4 is 33.0 Å². The summed E-state index contributed by atoms with van der Waals surface area (Å²) in [5, 5.41) is 7.33. The van der Waals surface area contributed by atoms with Gasteiger partial charge >= 0.3 is 0 Å². The van der Waals surface area contributed by atoms with E-state index in [0.29, 0.717) is 22.9 Å². The van der Waals surface area contributed by atoms with Crippen molar-refractivity contribution in [3.8, 4) is 0 Å². The largest absolute Gasteiger partial charge is 0.380 e. The van der Waals surface area contributed by atoms with E-state index in [2.05, 4.69) is 15.2 Å². The molecule has 0 aliphatic rings. The summed E-state index contributed by atoms with van der Waals surface area (Å²) in [7, 11) is -3.80. The lowest BCUT2D eigenvalue weighted by molar-refractivity contribution is 0.390. The molecule has 0 bridgehead atoms. The van der Waals surface area contributed by atoms with Gasteiger partial charge in [0.2, 0.25) is 0 Å². The molecular formula is C18H18ClN3O3S. The topological polar surface area (TPSA) is 84.2 Å². The third-order valence-corrected chi connectivity index (χ3v) is 5.72. The number of benzene rings is 2. The predicted molar refractivity (Wildman–Crippen MR) is 102 cm³/mol. The molecule has 3 aromatic rings. The Bertz CT molecular complexity index is 998. The maximum Gasteiger partial charge on any atom is 0.267 e. The van der Waals surface area contributed by atoms with Gasteiger partial charge in [-0.3, -0.25) is 4.72 Å². The molecule has 0 aliphatic carbocycles. The van der Waals surface area contributed by atoms with Gasteiger partial charge in [-0.1, -0.05) is 47.1 Å². The molecule has 1 heterocycles. The van der Waals surface area contributed by atoms with Crippen LogP contribution in [0.4, 0.5) is 11.4 Å². The van der Waals surface area contributed by atoms with Gasteiger partial charge in [0.15, 0.2) is 10.7 Å². The molecule has 0 aliphatic heterocycles. The Balaban J connectivity index is 1.75. The zero-order chi connectivity index (χ0) is 18.7. The first-order valence-corrected chi connectivity index (χ1v) is 9.76. The highest BCUT2D eigenvalue weighted by Crippen LogP contribution is 2.28. The third-order valence-electron chi connectivity index (χ3n) is 3.78. The highest BCUT2D eigenvalue weighted by Gasteiger charge is 2.24. The van der Waals surface area contributed by atoms with Crippen molar-refractivity contribution in [2.24, 2.45) is 0 Å². The van der Waals surface area contributed by atoms with E-state index >= 15 is 0 Å². The molecule has 0 atom stereocenters. The van der Waals surface area contributed by atoms with Crippen LogP contribution in [-0.2, 0) is 16.6 Å². The molecule has 1 aromatic heterocycles. The molecule has 0 saturated carbocycles. The van der Waals surface area contributed by atoms with Gasteiger partial charge < -0.3 is 9.84 Å². The summed E-state index contributed by atoms with van der Waals surface area (Å²) in [6, 6.07) is 14.8. The molecule has 0 spiro atoms. The average Bonchev–Trinajstić information content (AvgIpc) is 2.94.